The molecule has 1 fully saturated rings. The summed E-state index contributed by atoms with van der Waals surface area (Å²) in [6.07, 6.45) is -7.78. The summed E-state index contributed by atoms with van der Waals surface area (Å²) < 4.78 is 66.2. The molecule has 1 aromatic heterocycles. The summed E-state index contributed by atoms with van der Waals surface area (Å²) in [7, 11) is 4.50. The second-order valence-electron chi connectivity index (χ2n) is 9.48. The lowest BCUT2D eigenvalue weighted by atomic mass is 9.97. The van der Waals surface area contributed by atoms with E-state index in [1.165, 1.54) is 45.6 Å². The average molecular weight is 576 g/mol. The van der Waals surface area contributed by atoms with Gasteiger partial charge in [-0.05, 0) is 54.8 Å². The lowest BCUT2D eigenvalue weighted by molar-refractivity contribution is -0.274. The third-order valence-electron chi connectivity index (χ3n) is 7.16. The van der Waals surface area contributed by atoms with Crippen molar-refractivity contribution < 1.29 is 46.8 Å². The van der Waals surface area contributed by atoms with Crippen LogP contribution in [0.4, 0.5) is 23.7 Å². The Balaban J connectivity index is 1.50. The predicted octanol–water partition coefficient (Wildman–Crippen LogP) is 5.35. The van der Waals surface area contributed by atoms with Crippen LogP contribution in [0, 0.1) is 0 Å². The molecule has 1 aliphatic rings. The summed E-state index contributed by atoms with van der Waals surface area (Å²) >= 11 is 0. The van der Waals surface area contributed by atoms with Crippen molar-refractivity contribution in [1.29, 1.82) is 0 Å². The summed E-state index contributed by atoms with van der Waals surface area (Å²) in [5.74, 6) is -0.326. The number of benzene rings is 3. The van der Waals surface area contributed by atoms with Crippen LogP contribution in [0.5, 0.6) is 5.75 Å². The number of ether oxygens (including phenoxy) is 5. The van der Waals surface area contributed by atoms with Crippen molar-refractivity contribution in [2.24, 2.45) is 0 Å². The first kappa shape index (κ1) is 28.6. The highest BCUT2D eigenvalue weighted by molar-refractivity contribution is 6.06. The van der Waals surface area contributed by atoms with Crippen molar-refractivity contribution in [3.63, 3.8) is 0 Å². The molecule has 13 heteroatoms. The lowest BCUT2D eigenvalue weighted by Gasteiger charge is -2.46. The second-order valence-corrected chi connectivity index (χ2v) is 9.48. The first-order chi connectivity index (χ1) is 19.6. The first-order valence-electron chi connectivity index (χ1n) is 12.6. The van der Waals surface area contributed by atoms with Gasteiger partial charge in [-0.2, -0.15) is 0 Å². The molecule has 1 N–H and O–H groups in total. The number of halogens is 3. The molecule has 2 heterocycles. The van der Waals surface area contributed by atoms with Gasteiger partial charge >= 0.3 is 12.5 Å². The smallest absolute Gasteiger partial charge is 0.465 e. The summed E-state index contributed by atoms with van der Waals surface area (Å²) in [5.41, 5.74) is 2.29. The van der Waals surface area contributed by atoms with Crippen LogP contribution in [-0.2, 0) is 18.9 Å². The Morgan fingerprint density at radius 3 is 2.27 bits per heavy atom. The van der Waals surface area contributed by atoms with Gasteiger partial charge in [0.15, 0.2) is 6.23 Å². The Hall–Kier alpha value is -3.91. The predicted molar refractivity (Wildman–Crippen MR) is 142 cm³/mol. The number of imidazole rings is 1. The molecule has 1 aliphatic heterocycles. The van der Waals surface area contributed by atoms with Gasteiger partial charge in [0.25, 0.3) is 0 Å². The maximum atomic E-state index is 12.6. The largest absolute Gasteiger partial charge is 0.573 e. The number of carboxylic acid groups (broad SMARTS) is 1. The van der Waals surface area contributed by atoms with Crippen LogP contribution in [0.1, 0.15) is 6.92 Å². The molecule has 0 unspecified atom stereocenters. The molecule has 1 amide bonds. The summed E-state index contributed by atoms with van der Waals surface area (Å²) in [5, 5.41) is 11.7. The zero-order chi connectivity index (χ0) is 29.5. The Bertz CT molecular complexity index is 1540. The quantitative estimate of drug-likeness (QED) is 0.315. The molecule has 0 radical (unpaired) electrons. The van der Waals surface area contributed by atoms with Gasteiger partial charge < -0.3 is 28.8 Å². The number of amides is 1. The summed E-state index contributed by atoms with van der Waals surface area (Å²) in [6.45, 7) is 1.78. The molecule has 218 valence electrons. The van der Waals surface area contributed by atoms with Crippen molar-refractivity contribution >= 4 is 33.6 Å². The molecule has 5 rings (SSSR count). The number of methoxy groups -OCH3 is 3. The van der Waals surface area contributed by atoms with Crippen LogP contribution in [0.2, 0.25) is 0 Å². The number of rotatable bonds is 7. The molecule has 5 atom stereocenters. The molecule has 0 spiro atoms. The fraction of sp³-hybridized carbons (Fsp3) is 0.357. The van der Waals surface area contributed by atoms with Crippen molar-refractivity contribution in [1.82, 2.24) is 9.55 Å². The van der Waals surface area contributed by atoms with Gasteiger partial charge in [0.05, 0.1) is 22.8 Å². The van der Waals surface area contributed by atoms with E-state index in [1.54, 1.807) is 42.1 Å². The van der Waals surface area contributed by atoms with Gasteiger partial charge in [-0.15, -0.1) is 13.2 Å². The number of carbonyl (C=O) groups is 1. The van der Waals surface area contributed by atoms with Gasteiger partial charge in [0.1, 0.15) is 30.4 Å². The molecule has 4 aromatic rings. The zero-order valence-corrected chi connectivity index (χ0v) is 22.5. The zero-order valence-electron chi connectivity index (χ0n) is 22.5. The molecule has 1 saturated heterocycles. The number of hydrogen-bond acceptors (Lipinski definition) is 7. The van der Waals surface area contributed by atoms with Crippen LogP contribution in [0.15, 0.2) is 60.9 Å². The summed E-state index contributed by atoms with van der Waals surface area (Å²) in [4.78, 5) is 18.2. The molecule has 41 heavy (non-hydrogen) atoms. The van der Waals surface area contributed by atoms with E-state index < -0.39 is 43.1 Å². The highest BCUT2D eigenvalue weighted by Crippen LogP contribution is 2.35. The van der Waals surface area contributed by atoms with E-state index in [9.17, 15) is 23.1 Å². The number of fused-ring (bicyclic) bond motifs is 3. The molecular weight excluding hydrogens is 547 g/mol. The number of nitrogens with zero attached hydrogens (tertiary/aromatic N) is 3. The van der Waals surface area contributed by atoms with Gasteiger partial charge in [0.2, 0.25) is 0 Å². The van der Waals surface area contributed by atoms with E-state index in [1.807, 2.05) is 6.07 Å². The minimum Gasteiger partial charge on any atom is -0.465 e. The summed E-state index contributed by atoms with van der Waals surface area (Å²) in [6, 6.07) is 14.2. The standard InChI is InChI=1S/C28H28F3N3O7/c1-15-23(37-2)24(38-3)25(39-4)26(40-15)34(27(35)36)18-8-11-20-16(13-18)5-12-21-22(20)32-14-33(21)17-6-9-19(10-7-17)41-28(29,30)31/h5-15,23-26H,1-4H3,(H,35,36)/t15-,23-,24+,25+,26-/m0/s1. The maximum Gasteiger partial charge on any atom is 0.573 e. The average Bonchev–Trinajstić information content (AvgIpc) is 3.36. The molecule has 0 aliphatic carbocycles. The van der Waals surface area contributed by atoms with Gasteiger partial charge in [-0.1, -0.05) is 12.1 Å². The van der Waals surface area contributed by atoms with E-state index in [4.69, 9.17) is 18.9 Å². The van der Waals surface area contributed by atoms with Crippen molar-refractivity contribution in [2.75, 3.05) is 26.2 Å². The number of anilines is 1. The number of aromatic nitrogens is 2. The Morgan fingerprint density at radius 1 is 0.976 bits per heavy atom. The fourth-order valence-corrected chi connectivity index (χ4v) is 5.37. The van der Waals surface area contributed by atoms with Crippen LogP contribution < -0.4 is 9.64 Å². The SMILES string of the molecule is CO[C@@H]1[C@@H](OC)[C@H](C)O[C@H](N(C(=O)O)c2ccc3c(ccc4c3ncn4-c3ccc(OC(F)(F)F)cc3)c2)[C@@H]1OC. The van der Waals surface area contributed by atoms with E-state index >= 15 is 0 Å². The van der Waals surface area contributed by atoms with E-state index in [0.717, 1.165) is 15.7 Å². The van der Waals surface area contributed by atoms with E-state index in [-0.39, 0.29) is 5.75 Å². The highest BCUT2D eigenvalue weighted by Gasteiger charge is 2.49. The molecule has 0 bridgehead atoms. The maximum absolute atomic E-state index is 12.6. The highest BCUT2D eigenvalue weighted by atomic mass is 19.4. The third-order valence-corrected chi connectivity index (χ3v) is 7.16. The van der Waals surface area contributed by atoms with Crippen LogP contribution in [0.3, 0.4) is 0 Å². The third kappa shape index (κ3) is 5.40. The Kier molecular flexibility index (Phi) is 7.79. The van der Waals surface area contributed by atoms with Gasteiger partial charge in [0, 0.05) is 32.4 Å². The molecule has 0 saturated carbocycles. The topological polar surface area (TPSA) is 105 Å². The van der Waals surface area contributed by atoms with E-state index in [0.29, 0.717) is 22.4 Å². The Labute approximate surface area is 232 Å². The number of hydrogen-bond donors (Lipinski definition) is 1. The van der Waals surface area contributed by atoms with Crippen molar-refractivity contribution in [3.8, 4) is 11.4 Å². The minimum absolute atomic E-state index is 0.326. The van der Waals surface area contributed by atoms with Crippen LogP contribution >= 0.6 is 0 Å². The normalized spacial score (nSPS) is 23.1. The number of alkyl halides is 3. The monoisotopic (exact) mass is 575 g/mol. The van der Waals surface area contributed by atoms with Gasteiger partial charge in [-0.25, -0.2) is 14.7 Å². The van der Waals surface area contributed by atoms with E-state index in [2.05, 4.69) is 9.72 Å². The Morgan fingerprint density at radius 2 is 1.66 bits per heavy atom. The van der Waals surface area contributed by atoms with Crippen LogP contribution in [0.25, 0.3) is 27.5 Å². The fourth-order valence-electron chi connectivity index (χ4n) is 5.37. The second kappa shape index (κ2) is 11.2. The minimum atomic E-state index is -4.78. The van der Waals surface area contributed by atoms with Gasteiger partial charge in [-0.3, -0.25) is 4.57 Å². The molecule has 10 nitrogen and oxygen atoms in total. The van der Waals surface area contributed by atoms with Crippen LogP contribution in [-0.4, -0.2) is 79.1 Å². The van der Waals surface area contributed by atoms with Crippen molar-refractivity contribution in [3.05, 3.63) is 60.9 Å². The lowest BCUT2D eigenvalue weighted by Crippen LogP contribution is -2.64. The molecule has 3 aromatic carbocycles. The van der Waals surface area contributed by atoms with Crippen molar-refractivity contribution in [2.45, 2.75) is 43.9 Å². The first-order valence-corrected chi connectivity index (χ1v) is 12.6. The molecular formula is C28H28F3N3O7.